The molecule has 6 aromatic rings. The number of methoxy groups -OCH3 is 1. The molecule has 0 bridgehead atoms. The molecule has 0 fully saturated rings. The second-order valence-corrected chi connectivity index (χ2v) is 8.18. The van der Waals surface area contributed by atoms with Crippen molar-refractivity contribution in [2.24, 2.45) is 0 Å². The van der Waals surface area contributed by atoms with E-state index in [0.717, 1.165) is 49.8 Å². The van der Waals surface area contributed by atoms with Gasteiger partial charge in [0.2, 0.25) is 0 Å². The molecule has 160 valence electrons. The monoisotopic (exact) mass is 430 g/mol. The highest BCUT2D eigenvalue weighted by molar-refractivity contribution is 6.13. The number of nitrogens with zero attached hydrogens (tertiary/aromatic N) is 2. The molecular formula is C29H22N2O2. The molecular weight excluding hydrogens is 408 g/mol. The van der Waals surface area contributed by atoms with Crippen LogP contribution in [0.1, 0.15) is 5.56 Å². The van der Waals surface area contributed by atoms with Gasteiger partial charge in [0, 0.05) is 16.3 Å². The van der Waals surface area contributed by atoms with Gasteiger partial charge < -0.3 is 4.74 Å². The van der Waals surface area contributed by atoms with Crippen LogP contribution < -0.4 is 10.4 Å². The van der Waals surface area contributed by atoms with Crippen molar-refractivity contribution in [3.63, 3.8) is 0 Å². The third-order valence-corrected chi connectivity index (χ3v) is 6.31. The second kappa shape index (κ2) is 7.68. The Bertz CT molecular complexity index is 1680. The standard InChI is InChI=1S/C29H22N2O2/c1-33-22-17-15-21(16-18-22)27-23-11-5-8-14-26(23)31-28(27)24-12-6-7-13-25(24)30(29(31)32)19-20-9-3-2-4-10-20/h2-18H,19H2,1H3. The van der Waals surface area contributed by atoms with Gasteiger partial charge in [0.25, 0.3) is 0 Å². The lowest BCUT2D eigenvalue weighted by Crippen LogP contribution is -2.27. The minimum absolute atomic E-state index is 0.0384. The summed E-state index contributed by atoms with van der Waals surface area (Å²) in [6, 6.07) is 34.5. The molecule has 2 heterocycles. The fourth-order valence-electron chi connectivity index (χ4n) is 4.80. The highest BCUT2D eigenvalue weighted by atomic mass is 16.5. The van der Waals surface area contributed by atoms with Crippen molar-refractivity contribution in [2.45, 2.75) is 6.54 Å². The van der Waals surface area contributed by atoms with E-state index in [2.05, 4.69) is 36.4 Å². The van der Waals surface area contributed by atoms with Crippen molar-refractivity contribution in [2.75, 3.05) is 7.11 Å². The third-order valence-electron chi connectivity index (χ3n) is 6.31. The van der Waals surface area contributed by atoms with Gasteiger partial charge in [0.15, 0.2) is 0 Å². The number of aromatic nitrogens is 2. The largest absolute Gasteiger partial charge is 0.497 e. The highest BCUT2D eigenvalue weighted by Gasteiger charge is 2.20. The molecule has 0 unspecified atom stereocenters. The van der Waals surface area contributed by atoms with Crippen molar-refractivity contribution < 1.29 is 4.74 Å². The van der Waals surface area contributed by atoms with Gasteiger partial charge in [-0.05, 0) is 35.4 Å². The quantitative estimate of drug-likeness (QED) is 0.337. The minimum atomic E-state index is -0.0384. The molecule has 0 N–H and O–H groups in total. The molecule has 0 aliphatic heterocycles. The number of ether oxygens (including phenoxy) is 1. The van der Waals surface area contributed by atoms with Gasteiger partial charge in [-0.25, -0.2) is 4.79 Å². The normalized spacial score (nSPS) is 11.4. The molecule has 4 nitrogen and oxygen atoms in total. The Balaban J connectivity index is 1.76. The molecule has 0 atom stereocenters. The summed E-state index contributed by atoms with van der Waals surface area (Å²) in [6.07, 6.45) is 0. The van der Waals surface area contributed by atoms with Gasteiger partial charge in [-0.2, -0.15) is 0 Å². The fraction of sp³-hybridized carbons (Fsp3) is 0.0690. The molecule has 0 aliphatic rings. The SMILES string of the molecule is COc1ccc(-c2c3ccccc3n3c(=O)n(Cc4ccccc4)c4ccccc4c23)cc1. The van der Waals surface area contributed by atoms with Crippen LogP contribution in [0.3, 0.4) is 0 Å². The number of benzene rings is 4. The molecule has 6 rings (SSSR count). The number of fused-ring (bicyclic) bond motifs is 5. The van der Waals surface area contributed by atoms with Gasteiger partial charge in [-0.15, -0.1) is 0 Å². The maximum Gasteiger partial charge on any atom is 0.333 e. The van der Waals surface area contributed by atoms with Crippen LogP contribution in [0.5, 0.6) is 5.75 Å². The molecule has 33 heavy (non-hydrogen) atoms. The molecule has 4 heteroatoms. The Labute approximate surface area is 190 Å². The van der Waals surface area contributed by atoms with E-state index in [1.54, 1.807) is 7.11 Å². The molecule has 0 saturated carbocycles. The van der Waals surface area contributed by atoms with Gasteiger partial charge in [0.05, 0.1) is 30.2 Å². The number of para-hydroxylation sites is 2. The Hall–Kier alpha value is -4.31. The van der Waals surface area contributed by atoms with E-state index in [-0.39, 0.29) is 5.69 Å². The van der Waals surface area contributed by atoms with Crippen LogP contribution in [0.15, 0.2) is 108 Å². The van der Waals surface area contributed by atoms with Crippen LogP contribution in [0.25, 0.3) is 38.4 Å². The summed E-state index contributed by atoms with van der Waals surface area (Å²) in [4.78, 5) is 14.0. The topological polar surface area (TPSA) is 35.6 Å². The van der Waals surface area contributed by atoms with Crippen molar-refractivity contribution >= 4 is 27.3 Å². The zero-order valence-electron chi connectivity index (χ0n) is 18.2. The van der Waals surface area contributed by atoms with Crippen molar-refractivity contribution in [3.05, 3.63) is 119 Å². The lowest BCUT2D eigenvalue weighted by molar-refractivity contribution is 0.415. The fourth-order valence-corrected chi connectivity index (χ4v) is 4.80. The van der Waals surface area contributed by atoms with E-state index >= 15 is 0 Å². The average Bonchev–Trinajstić information content (AvgIpc) is 3.23. The first kappa shape index (κ1) is 19.4. The Morgan fingerprint density at radius 1 is 0.697 bits per heavy atom. The minimum Gasteiger partial charge on any atom is -0.497 e. The van der Waals surface area contributed by atoms with Gasteiger partial charge >= 0.3 is 5.69 Å². The number of hydrogen-bond acceptors (Lipinski definition) is 2. The smallest absolute Gasteiger partial charge is 0.333 e. The van der Waals surface area contributed by atoms with Crippen LogP contribution in [-0.2, 0) is 6.54 Å². The van der Waals surface area contributed by atoms with E-state index in [9.17, 15) is 4.79 Å². The summed E-state index contributed by atoms with van der Waals surface area (Å²) in [5, 5.41) is 2.11. The lowest BCUT2D eigenvalue weighted by atomic mass is 10.0. The molecule has 0 aliphatic carbocycles. The Morgan fingerprint density at radius 2 is 1.33 bits per heavy atom. The summed E-state index contributed by atoms with van der Waals surface area (Å²) in [5.41, 5.74) is 5.95. The zero-order chi connectivity index (χ0) is 22.4. The lowest BCUT2D eigenvalue weighted by Gasteiger charge is -2.14. The molecule has 0 spiro atoms. The van der Waals surface area contributed by atoms with E-state index in [1.807, 2.05) is 75.7 Å². The number of hydrogen-bond donors (Lipinski definition) is 0. The van der Waals surface area contributed by atoms with Crippen molar-refractivity contribution in [1.29, 1.82) is 0 Å². The van der Waals surface area contributed by atoms with E-state index in [0.29, 0.717) is 6.54 Å². The van der Waals surface area contributed by atoms with Gasteiger partial charge in [-0.3, -0.25) is 8.97 Å². The zero-order valence-corrected chi connectivity index (χ0v) is 18.2. The first-order chi connectivity index (χ1) is 16.3. The van der Waals surface area contributed by atoms with Crippen LogP contribution in [0.4, 0.5) is 0 Å². The predicted molar refractivity (Wildman–Crippen MR) is 134 cm³/mol. The molecule has 0 amide bonds. The Kier molecular flexibility index (Phi) is 4.51. The van der Waals surface area contributed by atoms with E-state index in [1.165, 1.54) is 0 Å². The first-order valence-electron chi connectivity index (χ1n) is 11.0. The second-order valence-electron chi connectivity index (χ2n) is 8.18. The maximum atomic E-state index is 14.0. The predicted octanol–water partition coefficient (Wildman–Crippen LogP) is 6.13. The average molecular weight is 431 g/mol. The summed E-state index contributed by atoms with van der Waals surface area (Å²) in [7, 11) is 1.67. The Morgan fingerprint density at radius 3 is 2.06 bits per heavy atom. The van der Waals surface area contributed by atoms with Crippen LogP contribution in [-0.4, -0.2) is 16.1 Å². The van der Waals surface area contributed by atoms with Crippen molar-refractivity contribution in [3.8, 4) is 16.9 Å². The highest BCUT2D eigenvalue weighted by Crippen LogP contribution is 2.38. The van der Waals surface area contributed by atoms with Gasteiger partial charge in [0.1, 0.15) is 5.75 Å². The van der Waals surface area contributed by atoms with E-state index in [4.69, 9.17) is 4.74 Å². The number of rotatable bonds is 4. The van der Waals surface area contributed by atoms with Crippen LogP contribution in [0, 0.1) is 0 Å². The van der Waals surface area contributed by atoms with Gasteiger partial charge in [-0.1, -0.05) is 78.9 Å². The summed E-state index contributed by atoms with van der Waals surface area (Å²) in [6.45, 7) is 0.514. The molecule has 2 aromatic heterocycles. The summed E-state index contributed by atoms with van der Waals surface area (Å²) in [5.74, 6) is 0.807. The first-order valence-corrected chi connectivity index (χ1v) is 11.0. The summed E-state index contributed by atoms with van der Waals surface area (Å²) < 4.78 is 9.12. The van der Waals surface area contributed by atoms with Crippen LogP contribution >= 0.6 is 0 Å². The summed E-state index contributed by atoms with van der Waals surface area (Å²) >= 11 is 0. The van der Waals surface area contributed by atoms with E-state index < -0.39 is 0 Å². The van der Waals surface area contributed by atoms with Crippen LogP contribution in [0.2, 0.25) is 0 Å². The molecule has 0 radical (unpaired) electrons. The molecule has 4 aromatic carbocycles. The molecule has 0 saturated heterocycles. The third kappa shape index (κ3) is 3.03. The van der Waals surface area contributed by atoms with Crippen molar-refractivity contribution in [1.82, 2.24) is 8.97 Å². The maximum absolute atomic E-state index is 14.0.